The van der Waals surface area contributed by atoms with Gasteiger partial charge in [-0.15, -0.1) is 0 Å². The molecule has 0 bridgehead atoms. The molecule has 1 aromatic heterocycles. The average molecular weight is 291 g/mol. The van der Waals surface area contributed by atoms with Crippen LogP contribution in [0.2, 0.25) is 0 Å². The number of aliphatic hydroxyl groups is 1. The molecule has 1 heterocycles. The number of nitro benzene ring substituents is 1. The maximum atomic E-state index is 10.8. The zero-order chi connectivity index (χ0) is 15.4. The van der Waals surface area contributed by atoms with Gasteiger partial charge in [0, 0.05) is 43.6 Å². The smallest absolute Gasteiger partial charge is 0.270 e. The second-order valence-electron chi connectivity index (χ2n) is 4.71. The minimum Gasteiger partial charge on any atom is -0.493 e. The van der Waals surface area contributed by atoms with Crippen molar-refractivity contribution < 1.29 is 14.8 Å². The normalized spacial score (nSPS) is 12.1. The first kappa shape index (κ1) is 15.0. The van der Waals surface area contributed by atoms with Crippen LogP contribution in [0, 0.1) is 10.1 Å². The predicted octanol–water partition coefficient (Wildman–Crippen LogP) is 2.00. The van der Waals surface area contributed by atoms with Crippen molar-refractivity contribution in [1.82, 2.24) is 9.55 Å². The number of hydrogen-bond donors (Lipinski definition) is 1. The summed E-state index contributed by atoms with van der Waals surface area (Å²) in [6.45, 7) is 1.92. The molecule has 0 saturated heterocycles. The molecule has 0 aliphatic rings. The van der Waals surface area contributed by atoms with E-state index in [2.05, 4.69) is 4.98 Å². The molecule has 0 aliphatic carbocycles. The number of aliphatic hydroxyl groups excluding tert-OH is 1. The monoisotopic (exact) mass is 291 g/mol. The first-order valence-corrected chi connectivity index (χ1v) is 6.54. The van der Waals surface area contributed by atoms with Crippen molar-refractivity contribution in [2.24, 2.45) is 7.05 Å². The van der Waals surface area contributed by atoms with E-state index in [1.165, 1.54) is 18.2 Å². The number of rotatable bonds is 6. The minimum atomic E-state index is -0.840. The summed E-state index contributed by atoms with van der Waals surface area (Å²) in [5, 5.41) is 20.5. The third-order valence-corrected chi connectivity index (χ3v) is 3.16. The fourth-order valence-electron chi connectivity index (χ4n) is 2.00. The highest BCUT2D eigenvalue weighted by Gasteiger charge is 2.15. The maximum Gasteiger partial charge on any atom is 0.270 e. The van der Waals surface area contributed by atoms with Gasteiger partial charge in [0.15, 0.2) is 0 Å². The van der Waals surface area contributed by atoms with Gasteiger partial charge in [-0.2, -0.15) is 0 Å². The van der Waals surface area contributed by atoms with Gasteiger partial charge in [-0.25, -0.2) is 4.98 Å². The van der Waals surface area contributed by atoms with Crippen LogP contribution in [0.5, 0.6) is 5.75 Å². The SMILES string of the molecule is CC(O)c1cc([N+](=O)[O-])ccc1OCCc1nccn1C. The zero-order valence-electron chi connectivity index (χ0n) is 11.9. The standard InChI is InChI=1S/C14H17N3O4/c1-10(18)12-9-11(17(19)20)3-4-13(12)21-8-5-14-15-6-7-16(14)2/h3-4,6-7,9-10,18H,5,8H2,1-2H3. The second kappa shape index (κ2) is 6.36. The molecule has 0 amide bonds. The number of imidazole rings is 1. The van der Waals surface area contributed by atoms with Crippen LogP contribution in [-0.4, -0.2) is 26.2 Å². The molecule has 0 aliphatic heterocycles. The predicted molar refractivity (Wildman–Crippen MR) is 76.1 cm³/mol. The molecule has 2 rings (SSSR count). The van der Waals surface area contributed by atoms with Crippen molar-refractivity contribution in [2.75, 3.05) is 6.61 Å². The van der Waals surface area contributed by atoms with Gasteiger partial charge in [0.05, 0.1) is 17.6 Å². The Labute approximate surface area is 122 Å². The Morgan fingerprint density at radius 2 is 2.29 bits per heavy atom. The lowest BCUT2D eigenvalue weighted by Crippen LogP contribution is -2.08. The molecule has 0 saturated carbocycles. The molecule has 112 valence electrons. The maximum absolute atomic E-state index is 10.8. The van der Waals surface area contributed by atoms with Crippen LogP contribution in [0.15, 0.2) is 30.6 Å². The summed E-state index contributed by atoms with van der Waals surface area (Å²) in [4.78, 5) is 14.5. The number of nitrogens with zero attached hydrogens (tertiary/aromatic N) is 3. The third kappa shape index (κ3) is 3.57. The van der Waals surface area contributed by atoms with Gasteiger partial charge in [0.25, 0.3) is 5.69 Å². The largest absolute Gasteiger partial charge is 0.493 e. The molecular formula is C14H17N3O4. The van der Waals surface area contributed by atoms with Gasteiger partial charge in [-0.1, -0.05) is 0 Å². The Bertz CT molecular complexity index is 637. The van der Waals surface area contributed by atoms with E-state index in [4.69, 9.17) is 4.74 Å². The summed E-state index contributed by atoms with van der Waals surface area (Å²) in [6, 6.07) is 4.21. The molecule has 1 atom stereocenters. The number of non-ortho nitro benzene ring substituents is 1. The first-order valence-electron chi connectivity index (χ1n) is 6.54. The van der Waals surface area contributed by atoms with Crippen molar-refractivity contribution in [3.05, 3.63) is 52.1 Å². The molecule has 7 nitrogen and oxygen atoms in total. The zero-order valence-corrected chi connectivity index (χ0v) is 11.9. The number of ether oxygens (including phenoxy) is 1. The molecule has 1 N–H and O–H groups in total. The summed E-state index contributed by atoms with van der Waals surface area (Å²) in [7, 11) is 1.90. The molecule has 0 fully saturated rings. The first-order chi connectivity index (χ1) is 9.99. The van der Waals surface area contributed by atoms with E-state index < -0.39 is 11.0 Å². The summed E-state index contributed by atoms with van der Waals surface area (Å²) in [5.41, 5.74) is 0.339. The van der Waals surface area contributed by atoms with E-state index in [-0.39, 0.29) is 5.69 Å². The average Bonchev–Trinajstić information content (AvgIpc) is 2.84. The Morgan fingerprint density at radius 1 is 1.52 bits per heavy atom. The Kier molecular flexibility index (Phi) is 4.54. The van der Waals surface area contributed by atoms with Crippen LogP contribution >= 0.6 is 0 Å². The van der Waals surface area contributed by atoms with E-state index in [0.29, 0.717) is 24.3 Å². The molecule has 7 heteroatoms. The van der Waals surface area contributed by atoms with Crippen LogP contribution < -0.4 is 4.74 Å². The number of nitro groups is 1. The van der Waals surface area contributed by atoms with Crippen LogP contribution in [-0.2, 0) is 13.5 Å². The van der Waals surface area contributed by atoms with Crippen molar-refractivity contribution in [3.63, 3.8) is 0 Å². The summed E-state index contributed by atoms with van der Waals surface area (Å²) < 4.78 is 7.52. The Hall–Kier alpha value is -2.41. The molecule has 1 unspecified atom stereocenters. The third-order valence-electron chi connectivity index (χ3n) is 3.16. The highest BCUT2D eigenvalue weighted by molar-refractivity contribution is 5.44. The van der Waals surface area contributed by atoms with E-state index in [1.807, 2.05) is 17.8 Å². The quantitative estimate of drug-likeness (QED) is 0.649. The van der Waals surface area contributed by atoms with Crippen molar-refractivity contribution >= 4 is 5.69 Å². The van der Waals surface area contributed by atoms with Crippen molar-refractivity contribution in [3.8, 4) is 5.75 Å². The topological polar surface area (TPSA) is 90.4 Å². The number of aryl methyl sites for hydroxylation is 1. The molecular weight excluding hydrogens is 274 g/mol. The Morgan fingerprint density at radius 3 is 2.86 bits per heavy atom. The molecule has 1 aromatic carbocycles. The van der Waals surface area contributed by atoms with Gasteiger partial charge < -0.3 is 14.4 Å². The lowest BCUT2D eigenvalue weighted by Gasteiger charge is -2.13. The minimum absolute atomic E-state index is 0.0673. The second-order valence-corrected chi connectivity index (χ2v) is 4.71. The van der Waals surface area contributed by atoms with Gasteiger partial charge >= 0.3 is 0 Å². The van der Waals surface area contributed by atoms with Crippen LogP contribution in [0.1, 0.15) is 24.4 Å². The van der Waals surface area contributed by atoms with Crippen LogP contribution in [0.25, 0.3) is 0 Å². The van der Waals surface area contributed by atoms with Crippen molar-refractivity contribution in [1.29, 1.82) is 0 Å². The summed E-state index contributed by atoms with van der Waals surface area (Å²) >= 11 is 0. The van der Waals surface area contributed by atoms with Gasteiger partial charge in [0.2, 0.25) is 0 Å². The Balaban J connectivity index is 2.08. The lowest BCUT2D eigenvalue weighted by atomic mass is 10.1. The van der Waals surface area contributed by atoms with Gasteiger partial charge in [0.1, 0.15) is 11.6 Å². The van der Waals surface area contributed by atoms with E-state index in [9.17, 15) is 15.2 Å². The van der Waals surface area contributed by atoms with Crippen LogP contribution in [0.3, 0.4) is 0 Å². The number of hydrogen-bond acceptors (Lipinski definition) is 5. The van der Waals surface area contributed by atoms with E-state index in [1.54, 1.807) is 13.1 Å². The van der Waals surface area contributed by atoms with E-state index >= 15 is 0 Å². The fourth-order valence-corrected chi connectivity index (χ4v) is 2.00. The highest BCUT2D eigenvalue weighted by Crippen LogP contribution is 2.29. The lowest BCUT2D eigenvalue weighted by molar-refractivity contribution is -0.385. The fraction of sp³-hybridized carbons (Fsp3) is 0.357. The summed E-state index contributed by atoms with van der Waals surface area (Å²) in [6.07, 6.45) is 3.33. The number of benzene rings is 1. The van der Waals surface area contributed by atoms with Crippen LogP contribution in [0.4, 0.5) is 5.69 Å². The van der Waals surface area contributed by atoms with Gasteiger partial charge in [-0.3, -0.25) is 10.1 Å². The molecule has 0 radical (unpaired) electrons. The molecule has 21 heavy (non-hydrogen) atoms. The van der Waals surface area contributed by atoms with Gasteiger partial charge in [-0.05, 0) is 13.0 Å². The molecule has 2 aromatic rings. The number of aromatic nitrogens is 2. The van der Waals surface area contributed by atoms with Crippen molar-refractivity contribution in [2.45, 2.75) is 19.4 Å². The molecule has 0 spiro atoms. The summed E-state index contributed by atoms with van der Waals surface area (Å²) in [5.74, 6) is 1.33. The highest BCUT2D eigenvalue weighted by atomic mass is 16.6. The van der Waals surface area contributed by atoms with E-state index in [0.717, 1.165) is 5.82 Å².